The number of anilines is 1. The van der Waals surface area contributed by atoms with Gasteiger partial charge in [-0.2, -0.15) is 4.98 Å². The van der Waals surface area contributed by atoms with Gasteiger partial charge in [0.25, 0.3) is 6.01 Å². The molecule has 2 aliphatic heterocycles. The van der Waals surface area contributed by atoms with E-state index in [0.29, 0.717) is 5.92 Å². The quantitative estimate of drug-likeness (QED) is 0.639. The monoisotopic (exact) mass is 435 g/mol. The summed E-state index contributed by atoms with van der Waals surface area (Å²) in [5.74, 6) is 1.75. The summed E-state index contributed by atoms with van der Waals surface area (Å²) in [5.41, 5.74) is 3.14. The van der Waals surface area contributed by atoms with Crippen molar-refractivity contribution in [2.24, 2.45) is 5.92 Å². The van der Waals surface area contributed by atoms with E-state index in [1.807, 2.05) is 30.3 Å². The Morgan fingerprint density at radius 2 is 1.72 bits per heavy atom. The number of nitrogens with zero attached hydrogens (tertiary/aromatic N) is 2. The van der Waals surface area contributed by atoms with E-state index in [9.17, 15) is 0 Å². The molecule has 1 aromatic heterocycles. The van der Waals surface area contributed by atoms with Gasteiger partial charge in [-0.1, -0.05) is 30.3 Å². The van der Waals surface area contributed by atoms with Crippen molar-refractivity contribution in [3.05, 3.63) is 54.1 Å². The maximum atomic E-state index is 6.01. The molecule has 0 bridgehead atoms. The van der Waals surface area contributed by atoms with Crippen molar-refractivity contribution >= 4 is 41.9 Å². The molecule has 1 atom stereocenters. The fourth-order valence-corrected chi connectivity index (χ4v) is 4.14. The van der Waals surface area contributed by atoms with Crippen molar-refractivity contribution in [1.29, 1.82) is 0 Å². The number of rotatable bonds is 5. The molecule has 1 fully saturated rings. The van der Waals surface area contributed by atoms with Crippen LogP contribution in [-0.2, 0) is 6.42 Å². The Bertz CT molecular complexity index is 867. The summed E-state index contributed by atoms with van der Waals surface area (Å²) in [6.07, 6.45) is 3.61. The van der Waals surface area contributed by atoms with Crippen LogP contribution in [0.2, 0.25) is 0 Å². The zero-order valence-electron chi connectivity index (χ0n) is 16.3. The molecule has 29 heavy (non-hydrogen) atoms. The van der Waals surface area contributed by atoms with E-state index >= 15 is 0 Å². The predicted molar refractivity (Wildman–Crippen MR) is 121 cm³/mol. The Balaban J connectivity index is 0.00000120. The van der Waals surface area contributed by atoms with Crippen molar-refractivity contribution in [3.63, 3.8) is 0 Å². The minimum Gasteiger partial charge on any atom is -0.488 e. The molecule has 0 aliphatic carbocycles. The molecule has 3 aromatic rings. The van der Waals surface area contributed by atoms with Crippen LogP contribution in [0.3, 0.4) is 0 Å². The molecule has 5 nitrogen and oxygen atoms in total. The summed E-state index contributed by atoms with van der Waals surface area (Å²) in [4.78, 5) is 6.89. The molecule has 5 rings (SSSR count). The molecule has 0 amide bonds. The highest BCUT2D eigenvalue weighted by Gasteiger charge is 2.24. The fraction of sp³-hybridized carbons (Fsp3) is 0.409. The number of hydrogen-bond acceptors (Lipinski definition) is 5. The Kier molecular flexibility index (Phi) is 7.28. The van der Waals surface area contributed by atoms with Crippen molar-refractivity contribution < 1.29 is 9.15 Å². The Hall–Kier alpha value is -1.95. The van der Waals surface area contributed by atoms with Gasteiger partial charge in [0.1, 0.15) is 17.4 Å². The molecule has 2 aromatic carbocycles. The van der Waals surface area contributed by atoms with Crippen LogP contribution < -0.4 is 15.0 Å². The zero-order valence-corrected chi connectivity index (χ0v) is 17.9. The lowest BCUT2D eigenvalue weighted by atomic mass is 9.97. The van der Waals surface area contributed by atoms with Crippen LogP contribution in [0.15, 0.2) is 52.9 Å². The second-order valence-electron chi connectivity index (χ2n) is 7.60. The molecule has 156 valence electrons. The number of aromatic nitrogens is 1. The topological polar surface area (TPSA) is 50.5 Å². The maximum Gasteiger partial charge on any atom is 0.298 e. The van der Waals surface area contributed by atoms with E-state index in [2.05, 4.69) is 33.4 Å². The SMILES string of the molecule is Cl.Cl.c1ccc2c(c1)CC(CNCC1CCN(c3nc4ccccc4o3)CC1)O2. The van der Waals surface area contributed by atoms with Crippen LogP contribution >= 0.6 is 24.8 Å². The molecule has 0 saturated carbocycles. The van der Waals surface area contributed by atoms with E-state index in [0.717, 1.165) is 68.3 Å². The Morgan fingerprint density at radius 1 is 0.966 bits per heavy atom. The van der Waals surface area contributed by atoms with Crippen LogP contribution in [0.1, 0.15) is 18.4 Å². The molecule has 0 spiro atoms. The number of piperidine rings is 1. The zero-order chi connectivity index (χ0) is 18.1. The summed E-state index contributed by atoms with van der Waals surface area (Å²) in [7, 11) is 0. The number of ether oxygens (including phenoxy) is 1. The summed E-state index contributed by atoms with van der Waals surface area (Å²) in [5, 5.41) is 3.63. The highest BCUT2D eigenvalue weighted by atomic mass is 35.5. The van der Waals surface area contributed by atoms with Crippen LogP contribution in [0, 0.1) is 5.92 Å². The number of halogens is 2. The normalized spacial score (nSPS) is 18.6. The highest BCUT2D eigenvalue weighted by Crippen LogP contribution is 2.28. The summed E-state index contributed by atoms with van der Waals surface area (Å²) < 4.78 is 11.9. The van der Waals surface area contributed by atoms with Crippen LogP contribution in [-0.4, -0.2) is 37.3 Å². The second-order valence-corrected chi connectivity index (χ2v) is 7.60. The average Bonchev–Trinajstić information content (AvgIpc) is 3.32. The van der Waals surface area contributed by atoms with Gasteiger partial charge in [-0.15, -0.1) is 24.8 Å². The molecule has 7 heteroatoms. The number of oxazole rings is 1. The predicted octanol–water partition coefficient (Wildman–Crippen LogP) is 4.48. The summed E-state index contributed by atoms with van der Waals surface area (Å²) in [6, 6.07) is 17.1. The lowest BCUT2D eigenvalue weighted by molar-refractivity contribution is 0.222. The van der Waals surface area contributed by atoms with E-state index in [-0.39, 0.29) is 30.9 Å². The lowest BCUT2D eigenvalue weighted by Crippen LogP contribution is -2.39. The van der Waals surface area contributed by atoms with E-state index in [1.165, 1.54) is 5.56 Å². The number of nitrogens with one attached hydrogen (secondary N) is 1. The summed E-state index contributed by atoms with van der Waals surface area (Å²) in [6.45, 7) is 3.98. The first-order chi connectivity index (χ1) is 13.3. The van der Waals surface area contributed by atoms with E-state index in [1.54, 1.807) is 0 Å². The van der Waals surface area contributed by atoms with Gasteiger partial charge in [0.05, 0.1) is 0 Å². The molecule has 3 heterocycles. The third kappa shape index (κ3) is 4.80. The van der Waals surface area contributed by atoms with Crippen molar-refractivity contribution in [3.8, 4) is 5.75 Å². The van der Waals surface area contributed by atoms with Crippen molar-refractivity contribution in [2.45, 2.75) is 25.4 Å². The molecular weight excluding hydrogens is 409 g/mol. The van der Waals surface area contributed by atoms with Gasteiger partial charge in [-0.3, -0.25) is 0 Å². The minimum absolute atomic E-state index is 0. The third-order valence-electron chi connectivity index (χ3n) is 5.69. The minimum atomic E-state index is 0. The fourth-order valence-electron chi connectivity index (χ4n) is 4.14. The first-order valence-electron chi connectivity index (χ1n) is 9.91. The van der Waals surface area contributed by atoms with Crippen LogP contribution in [0.4, 0.5) is 6.01 Å². The van der Waals surface area contributed by atoms with Gasteiger partial charge in [0, 0.05) is 26.1 Å². The first-order valence-corrected chi connectivity index (χ1v) is 9.91. The van der Waals surface area contributed by atoms with E-state index in [4.69, 9.17) is 9.15 Å². The molecule has 1 unspecified atom stereocenters. The lowest BCUT2D eigenvalue weighted by Gasteiger charge is -2.31. The first kappa shape index (κ1) is 21.8. The Morgan fingerprint density at radius 3 is 2.52 bits per heavy atom. The molecule has 0 radical (unpaired) electrons. The summed E-state index contributed by atoms with van der Waals surface area (Å²) >= 11 is 0. The average molecular weight is 436 g/mol. The number of para-hydroxylation sites is 3. The van der Waals surface area contributed by atoms with Crippen molar-refractivity contribution in [2.75, 3.05) is 31.1 Å². The van der Waals surface area contributed by atoms with Gasteiger partial charge in [0.15, 0.2) is 5.58 Å². The second kappa shape index (κ2) is 9.70. The van der Waals surface area contributed by atoms with Crippen LogP contribution in [0.5, 0.6) is 5.75 Å². The van der Waals surface area contributed by atoms with Crippen molar-refractivity contribution in [1.82, 2.24) is 10.3 Å². The van der Waals surface area contributed by atoms with Gasteiger partial charge < -0.3 is 19.4 Å². The number of fused-ring (bicyclic) bond motifs is 2. The Labute approximate surface area is 183 Å². The molecular formula is C22H27Cl2N3O2. The smallest absolute Gasteiger partial charge is 0.298 e. The number of benzene rings is 2. The van der Waals surface area contributed by atoms with Gasteiger partial charge in [-0.05, 0) is 49.1 Å². The van der Waals surface area contributed by atoms with Gasteiger partial charge in [-0.25, -0.2) is 0 Å². The third-order valence-corrected chi connectivity index (χ3v) is 5.69. The van der Waals surface area contributed by atoms with E-state index < -0.39 is 0 Å². The number of hydrogen-bond donors (Lipinski definition) is 1. The van der Waals surface area contributed by atoms with Gasteiger partial charge in [0.2, 0.25) is 0 Å². The highest BCUT2D eigenvalue weighted by molar-refractivity contribution is 5.85. The standard InChI is InChI=1S/C22H25N3O2.2ClH/c1-3-7-20-17(5-1)13-18(26-20)15-23-14-16-9-11-25(12-10-16)22-24-19-6-2-4-8-21(19)27-22;;/h1-8,16,18,23H,9-15H2;2*1H. The van der Waals surface area contributed by atoms with Gasteiger partial charge >= 0.3 is 0 Å². The molecule has 2 aliphatic rings. The molecule has 1 N–H and O–H groups in total. The molecule has 1 saturated heterocycles. The van der Waals surface area contributed by atoms with Crippen LogP contribution in [0.25, 0.3) is 11.1 Å². The largest absolute Gasteiger partial charge is 0.488 e. The maximum absolute atomic E-state index is 6.01.